The molecule has 0 atom stereocenters. The molecular weight excluding hydrogens is 274 g/mol. The van der Waals surface area contributed by atoms with Gasteiger partial charge in [0.2, 0.25) is 5.91 Å². The molecular formula is C14H19N3O4. The van der Waals surface area contributed by atoms with Gasteiger partial charge in [-0.2, -0.15) is 0 Å². The van der Waals surface area contributed by atoms with Crippen molar-refractivity contribution in [3.8, 4) is 0 Å². The monoisotopic (exact) mass is 293 g/mol. The van der Waals surface area contributed by atoms with Crippen molar-refractivity contribution < 1.29 is 19.5 Å². The molecule has 0 aromatic heterocycles. The van der Waals surface area contributed by atoms with Gasteiger partial charge in [-0.3, -0.25) is 4.79 Å². The highest BCUT2D eigenvalue weighted by molar-refractivity contribution is 5.87. The lowest BCUT2D eigenvalue weighted by molar-refractivity contribution is -0.118. The van der Waals surface area contributed by atoms with E-state index in [0.29, 0.717) is 26.1 Å². The highest BCUT2D eigenvalue weighted by atomic mass is 16.4. The van der Waals surface area contributed by atoms with Crippen LogP contribution < -0.4 is 16.0 Å². The number of amides is 3. The Morgan fingerprint density at radius 1 is 1.00 bits per heavy atom. The maximum Gasteiger partial charge on any atom is 0.335 e. The number of aromatic carboxylic acids is 1. The van der Waals surface area contributed by atoms with Crippen LogP contribution in [0.25, 0.3) is 0 Å². The molecule has 114 valence electrons. The largest absolute Gasteiger partial charge is 0.478 e. The van der Waals surface area contributed by atoms with Crippen molar-refractivity contribution in [2.75, 3.05) is 13.1 Å². The fourth-order valence-corrected chi connectivity index (χ4v) is 1.56. The number of carbonyl (C=O) groups is 3. The molecule has 7 nitrogen and oxygen atoms in total. The smallest absolute Gasteiger partial charge is 0.335 e. The zero-order valence-electron chi connectivity index (χ0n) is 11.8. The minimum Gasteiger partial charge on any atom is -0.478 e. The molecule has 0 saturated carbocycles. The molecule has 3 amide bonds. The molecule has 4 N–H and O–H groups in total. The molecule has 7 heteroatoms. The van der Waals surface area contributed by atoms with Crippen molar-refractivity contribution in [1.29, 1.82) is 0 Å². The first-order chi connectivity index (χ1) is 9.99. The van der Waals surface area contributed by atoms with Crippen LogP contribution in [0.3, 0.4) is 0 Å². The molecule has 0 fully saturated rings. The Morgan fingerprint density at radius 3 is 2.19 bits per heavy atom. The third kappa shape index (κ3) is 6.95. The molecule has 21 heavy (non-hydrogen) atoms. The van der Waals surface area contributed by atoms with E-state index >= 15 is 0 Å². The first-order valence-corrected chi connectivity index (χ1v) is 6.57. The molecule has 1 aromatic carbocycles. The van der Waals surface area contributed by atoms with E-state index in [9.17, 15) is 14.4 Å². The minimum atomic E-state index is -0.980. The SMILES string of the molecule is CC(=O)NCCCNC(=O)NCc1ccc(C(=O)O)cc1. The fraction of sp³-hybridized carbons (Fsp3) is 0.357. The molecule has 1 aromatic rings. The standard InChI is InChI=1S/C14H19N3O4/c1-10(18)15-7-2-8-16-14(21)17-9-11-3-5-12(6-4-11)13(19)20/h3-6H,2,7-9H2,1H3,(H,15,18)(H,19,20)(H2,16,17,21). The van der Waals surface area contributed by atoms with Crippen molar-refractivity contribution in [3.05, 3.63) is 35.4 Å². The third-order valence-corrected chi connectivity index (χ3v) is 2.67. The van der Waals surface area contributed by atoms with Crippen molar-refractivity contribution in [2.45, 2.75) is 19.9 Å². The molecule has 0 aliphatic rings. The Balaban J connectivity index is 2.20. The van der Waals surface area contributed by atoms with Crippen LogP contribution in [0.4, 0.5) is 4.79 Å². The Kier molecular flexibility index (Phi) is 6.73. The van der Waals surface area contributed by atoms with Crippen LogP contribution in [-0.4, -0.2) is 36.1 Å². The van der Waals surface area contributed by atoms with Crippen molar-refractivity contribution >= 4 is 17.9 Å². The molecule has 0 spiro atoms. The normalized spacial score (nSPS) is 9.76. The number of carboxylic acids is 1. The highest BCUT2D eigenvalue weighted by Gasteiger charge is 2.03. The topological polar surface area (TPSA) is 108 Å². The summed E-state index contributed by atoms with van der Waals surface area (Å²) in [5.41, 5.74) is 1.02. The number of nitrogens with one attached hydrogen (secondary N) is 3. The van der Waals surface area contributed by atoms with Crippen LogP contribution in [0.5, 0.6) is 0 Å². The summed E-state index contributed by atoms with van der Waals surface area (Å²) in [5, 5.41) is 16.7. The average molecular weight is 293 g/mol. The molecule has 0 aliphatic heterocycles. The molecule has 0 heterocycles. The first kappa shape index (κ1) is 16.5. The number of benzene rings is 1. The van der Waals surface area contributed by atoms with Crippen LogP contribution in [0.2, 0.25) is 0 Å². The van der Waals surface area contributed by atoms with Crippen molar-refractivity contribution in [3.63, 3.8) is 0 Å². The average Bonchev–Trinajstić information content (AvgIpc) is 2.44. The lowest BCUT2D eigenvalue weighted by Gasteiger charge is -2.08. The van der Waals surface area contributed by atoms with Gasteiger partial charge in [-0.25, -0.2) is 9.59 Å². The zero-order chi connectivity index (χ0) is 15.7. The van der Waals surface area contributed by atoms with Gasteiger partial charge >= 0.3 is 12.0 Å². The van der Waals surface area contributed by atoms with Gasteiger partial charge in [0.15, 0.2) is 0 Å². The zero-order valence-corrected chi connectivity index (χ0v) is 11.8. The van der Waals surface area contributed by atoms with Crippen LogP contribution in [-0.2, 0) is 11.3 Å². The van der Waals surface area contributed by atoms with E-state index in [0.717, 1.165) is 5.56 Å². The summed E-state index contributed by atoms with van der Waals surface area (Å²) in [6.07, 6.45) is 0.653. The first-order valence-electron chi connectivity index (χ1n) is 6.57. The Morgan fingerprint density at radius 2 is 1.62 bits per heavy atom. The lowest BCUT2D eigenvalue weighted by Crippen LogP contribution is -2.36. The quantitative estimate of drug-likeness (QED) is 0.555. The Labute approximate surface area is 122 Å². The Bertz CT molecular complexity index is 499. The molecule has 0 radical (unpaired) electrons. The highest BCUT2D eigenvalue weighted by Crippen LogP contribution is 2.03. The van der Waals surface area contributed by atoms with Gasteiger partial charge in [0, 0.05) is 26.6 Å². The summed E-state index contributed by atoms with van der Waals surface area (Å²) in [6.45, 7) is 2.74. The van der Waals surface area contributed by atoms with Gasteiger partial charge in [0.05, 0.1) is 5.56 Å². The van der Waals surface area contributed by atoms with Crippen LogP contribution in [0.15, 0.2) is 24.3 Å². The number of hydrogen-bond donors (Lipinski definition) is 4. The van der Waals surface area contributed by atoms with Gasteiger partial charge in [-0.1, -0.05) is 12.1 Å². The van der Waals surface area contributed by atoms with Crippen LogP contribution in [0.1, 0.15) is 29.3 Å². The van der Waals surface area contributed by atoms with E-state index in [1.54, 1.807) is 12.1 Å². The molecule has 1 rings (SSSR count). The van der Waals surface area contributed by atoms with E-state index < -0.39 is 5.97 Å². The van der Waals surface area contributed by atoms with Gasteiger partial charge in [-0.05, 0) is 24.1 Å². The summed E-state index contributed by atoms with van der Waals surface area (Å²) in [5.74, 6) is -1.07. The summed E-state index contributed by atoms with van der Waals surface area (Å²) >= 11 is 0. The molecule has 0 aliphatic carbocycles. The van der Waals surface area contributed by atoms with Gasteiger partial charge in [0.1, 0.15) is 0 Å². The van der Waals surface area contributed by atoms with E-state index in [1.165, 1.54) is 19.1 Å². The number of rotatable bonds is 7. The maximum absolute atomic E-state index is 11.5. The molecule has 0 saturated heterocycles. The second-order valence-corrected chi connectivity index (χ2v) is 4.45. The van der Waals surface area contributed by atoms with E-state index in [-0.39, 0.29) is 17.5 Å². The third-order valence-electron chi connectivity index (χ3n) is 2.67. The molecule has 0 bridgehead atoms. The van der Waals surface area contributed by atoms with Crippen molar-refractivity contribution in [2.24, 2.45) is 0 Å². The van der Waals surface area contributed by atoms with Crippen LogP contribution >= 0.6 is 0 Å². The van der Waals surface area contributed by atoms with E-state index in [2.05, 4.69) is 16.0 Å². The number of carboxylic acid groups (broad SMARTS) is 1. The second-order valence-electron chi connectivity index (χ2n) is 4.45. The number of carbonyl (C=O) groups excluding carboxylic acids is 2. The summed E-state index contributed by atoms with van der Waals surface area (Å²) in [7, 11) is 0. The van der Waals surface area contributed by atoms with Gasteiger partial charge in [-0.15, -0.1) is 0 Å². The van der Waals surface area contributed by atoms with E-state index in [4.69, 9.17) is 5.11 Å². The summed E-state index contributed by atoms with van der Waals surface area (Å²) in [6, 6.07) is 5.98. The predicted molar refractivity (Wildman–Crippen MR) is 76.9 cm³/mol. The Hall–Kier alpha value is -2.57. The minimum absolute atomic E-state index is 0.0933. The second kappa shape index (κ2) is 8.57. The number of hydrogen-bond acceptors (Lipinski definition) is 3. The summed E-state index contributed by atoms with van der Waals surface area (Å²) < 4.78 is 0. The predicted octanol–water partition coefficient (Wildman–Crippen LogP) is 0.710. The summed E-state index contributed by atoms with van der Waals surface area (Å²) in [4.78, 5) is 32.8. The van der Waals surface area contributed by atoms with Crippen LogP contribution in [0, 0.1) is 0 Å². The van der Waals surface area contributed by atoms with Gasteiger partial charge < -0.3 is 21.1 Å². The molecule has 0 unspecified atom stereocenters. The van der Waals surface area contributed by atoms with Gasteiger partial charge in [0.25, 0.3) is 0 Å². The lowest BCUT2D eigenvalue weighted by atomic mass is 10.1. The fourth-order valence-electron chi connectivity index (χ4n) is 1.56. The van der Waals surface area contributed by atoms with E-state index in [1.807, 2.05) is 0 Å². The van der Waals surface area contributed by atoms with Crippen molar-refractivity contribution in [1.82, 2.24) is 16.0 Å². The number of urea groups is 1. The maximum atomic E-state index is 11.5.